The molecule has 0 radical (unpaired) electrons. The summed E-state index contributed by atoms with van der Waals surface area (Å²) in [5.41, 5.74) is 7.13. The van der Waals surface area contributed by atoms with Crippen molar-refractivity contribution in [3.05, 3.63) is 22.8 Å². The van der Waals surface area contributed by atoms with E-state index in [0.717, 1.165) is 41.8 Å². The van der Waals surface area contributed by atoms with Crippen LogP contribution in [0.25, 0.3) is 5.52 Å². The molecule has 3 fully saturated rings. The molecule has 120 valence electrons. The lowest BCUT2D eigenvalue weighted by atomic mass is 9.86. The van der Waals surface area contributed by atoms with Crippen molar-refractivity contribution in [2.75, 3.05) is 12.3 Å². The number of hydrogen-bond donors (Lipinski definition) is 1. The van der Waals surface area contributed by atoms with E-state index in [9.17, 15) is 4.79 Å². The van der Waals surface area contributed by atoms with E-state index in [1.165, 1.54) is 12.8 Å². The molecule has 2 atom stereocenters. The van der Waals surface area contributed by atoms with Gasteiger partial charge >= 0.3 is 0 Å². The van der Waals surface area contributed by atoms with Crippen molar-refractivity contribution in [2.45, 2.75) is 44.1 Å². The summed E-state index contributed by atoms with van der Waals surface area (Å²) in [6, 6.07) is 0.465. The monoisotopic (exact) mass is 375 g/mol. The highest BCUT2D eigenvalue weighted by atomic mass is 79.9. The average molecular weight is 376 g/mol. The molecule has 2 saturated heterocycles. The molecule has 1 spiro atoms. The number of carbonyl (C=O) groups excluding carboxylic acids is 1. The number of nitrogens with zero attached hydrogens (tertiary/aromatic N) is 4. The van der Waals surface area contributed by atoms with Crippen LogP contribution in [0.1, 0.15) is 43.8 Å². The van der Waals surface area contributed by atoms with E-state index in [1.54, 1.807) is 6.20 Å². The molecule has 2 aromatic rings. The number of amides is 1. The molecular formula is C16H18BrN5O. The fourth-order valence-electron chi connectivity index (χ4n) is 4.62. The van der Waals surface area contributed by atoms with Gasteiger partial charge in [-0.05, 0) is 47.0 Å². The third kappa shape index (κ3) is 1.83. The van der Waals surface area contributed by atoms with Crippen LogP contribution in [0.4, 0.5) is 5.82 Å². The van der Waals surface area contributed by atoms with Gasteiger partial charge in [-0.1, -0.05) is 0 Å². The van der Waals surface area contributed by atoms with Crippen molar-refractivity contribution in [3.8, 4) is 0 Å². The van der Waals surface area contributed by atoms with Gasteiger partial charge in [0.2, 0.25) is 5.91 Å². The molecule has 2 aromatic heterocycles. The van der Waals surface area contributed by atoms with Gasteiger partial charge in [0.25, 0.3) is 0 Å². The van der Waals surface area contributed by atoms with Gasteiger partial charge in [0.15, 0.2) is 5.82 Å². The zero-order valence-electron chi connectivity index (χ0n) is 12.7. The SMILES string of the molecule is Nc1nccn2c([C@@H]3CC[C@@H]4N(C3)C(=O)CC43CC3)nc(Br)c12. The number of nitrogens with two attached hydrogens (primary N) is 1. The number of anilines is 1. The summed E-state index contributed by atoms with van der Waals surface area (Å²) >= 11 is 3.50. The summed E-state index contributed by atoms with van der Waals surface area (Å²) in [5.74, 6) is 2.04. The predicted molar refractivity (Wildman–Crippen MR) is 88.9 cm³/mol. The standard InChI is InChI=1S/C16H18BrN5O/c17-13-12-14(18)19-5-6-21(12)15(20-13)9-1-2-10-16(3-4-16)7-11(23)22(10)8-9/h5-6,9-10H,1-4,7-8H2,(H2,18,19)/t9-,10+/m1/s1. The molecule has 23 heavy (non-hydrogen) atoms. The smallest absolute Gasteiger partial charge is 0.223 e. The van der Waals surface area contributed by atoms with Crippen LogP contribution in [0, 0.1) is 5.41 Å². The molecule has 0 bridgehead atoms. The largest absolute Gasteiger partial charge is 0.382 e. The lowest BCUT2D eigenvalue weighted by molar-refractivity contribution is -0.130. The van der Waals surface area contributed by atoms with Gasteiger partial charge < -0.3 is 10.6 Å². The second-order valence-electron chi connectivity index (χ2n) is 7.17. The Morgan fingerprint density at radius 1 is 1.35 bits per heavy atom. The first-order valence-corrected chi connectivity index (χ1v) is 8.96. The van der Waals surface area contributed by atoms with Crippen LogP contribution in [0.2, 0.25) is 0 Å². The normalized spacial score (nSPS) is 28.6. The number of carbonyl (C=O) groups is 1. The van der Waals surface area contributed by atoms with E-state index in [2.05, 4.69) is 30.8 Å². The fourth-order valence-corrected chi connectivity index (χ4v) is 5.19. The van der Waals surface area contributed by atoms with Crippen LogP contribution in [0.3, 0.4) is 0 Å². The Morgan fingerprint density at radius 2 is 2.17 bits per heavy atom. The van der Waals surface area contributed by atoms with Crippen LogP contribution in [-0.4, -0.2) is 37.8 Å². The van der Waals surface area contributed by atoms with Crippen LogP contribution in [-0.2, 0) is 4.79 Å². The maximum atomic E-state index is 12.4. The van der Waals surface area contributed by atoms with E-state index in [4.69, 9.17) is 5.73 Å². The number of hydrogen-bond acceptors (Lipinski definition) is 4. The van der Waals surface area contributed by atoms with E-state index in [-0.39, 0.29) is 5.92 Å². The van der Waals surface area contributed by atoms with Gasteiger partial charge in [-0.2, -0.15) is 0 Å². The van der Waals surface area contributed by atoms with Crippen molar-refractivity contribution in [1.29, 1.82) is 0 Å². The Kier molecular flexibility index (Phi) is 2.67. The molecule has 6 nitrogen and oxygen atoms in total. The Morgan fingerprint density at radius 3 is 2.96 bits per heavy atom. The molecule has 2 N–H and O–H groups in total. The van der Waals surface area contributed by atoms with E-state index >= 15 is 0 Å². The molecule has 0 unspecified atom stereocenters. The number of aromatic nitrogens is 3. The Balaban J connectivity index is 1.52. The highest BCUT2D eigenvalue weighted by molar-refractivity contribution is 9.10. The summed E-state index contributed by atoms with van der Waals surface area (Å²) < 4.78 is 2.75. The number of piperidine rings is 1. The molecule has 0 aromatic carbocycles. The highest BCUT2D eigenvalue weighted by Crippen LogP contribution is 2.60. The first-order valence-electron chi connectivity index (χ1n) is 8.16. The van der Waals surface area contributed by atoms with Gasteiger partial charge in [0.1, 0.15) is 15.9 Å². The summed E-state index contributed by atoms with van der Waals surface area (Å²) in [5, 5.41) is 0. The second kappa shape index (κ2) is 4.47. The van der Waals surface area contributed by atoms with Gasteiger partial charge in [0, 0.05) is 37.3 Å². The minimum atomic E-state index is 0.254. The van der Waals surface area contributed by atoms with Crippen LogP contribution >= 0.6 is 15.9 Å². The third-order valence-electron chi connectivity index (χ3n) is 5.94. The Bertz CT molecular complexity index is 827. The lowest BCUT2D eigenvalue weighted by Gasteiger charge is -2.37. The Labute approximate surface area is 142 Å². The summed E-state index contributed by atoms with van der Waals surface area (Å²) in [6.45, 7) is 0.777. The lowest BCUT2D eigenvalue weighted by Crippen LogP contribution is -2.43. The molecule has 2 aliphatic heterocycles. The van der Waals surface area contributed by atoms with Crippen LogP contribution in [0.15, 0.2) is 17.0 Å². The number of imidazole rings is 1. The summed E-state index contributed by atoms with van der Waals surface area (Å²) in [7, 11) is 0. The minimum Gasteiger partial charge on any atom is -0.382 e. The Hall–Kier alpha value is -1.63. The molecule has 3 aliphatic rings. The zero-order valence-corrected chi connectivity index (χ0v) is 14.3. The molecule has 1 saturated carbocycles. The van der Waals surface area contributed by atoms with Gasteiger partial charge in [-0.25, -0.2) is 9.97 Å². The van der Waals surface area contributed by atoms with Crippen molar-refractivity contribution < 1.29 is 4.79 Å². The third-order valence-corrected chi connectivity index (χ3v) is 6.49. The van der Waals surface area contributed by atoms with Crippen molar-refractivity contribution in [1.82, 2.24) is 19.3 Å². The molecule has 5 rings (SSSR count). The van der Waals surface area contributed by atoms with Gasteiger partial charge in [-0.15, -0.1) is 0 Å². The van der Waals surface area contributed by atoms with Crippen molar-refractivity contribution >= 4 is 33.2 Å². The van der Waals surface area contributed by atoms with E-state index in [1.807, 2.05) is 10.6 Å². The topological polar surface area (TPSA) is 76.5 Å². The minimum absolute atomic E-state index is 0.254. The highest BCUT2D eigenvalue weighted by Gasteiger charge is 2.59. The number of nitrogen functional groups attached to an aromatic ring is 1. The van der Waals surface area contributed by atoms with Crippen molar-refractivity contribution in [2.24, 2.45) is 5.41 Å². The number of fused-ring (bicyclic) bond motifs is 3. The van der Waals surface area contributed by atoms with Crippen molar-refractivity contribution in [3.63, 3.8) is 0 Å². The van der Waals surface area contributed by atoms with Gasteiger partial charge in [0.05, 0.1) is 0 Å². The zero-order chi connectivity index (χ0) is 15.8. The van der Waals surface area contributed by atoms with Crippen LogP contribution in [0.5, 0.6) is 0 Å². The molecule has 7 heteroatoms. The first-order chi connectivity index (χ1) is 11.1. The maximum Gasteiger partial charge on any atom is 0.223 e. The van der Waals surface area contributed by atoms with E-state index in [0.29, 0.717) is 23.2 Å². The van der Waals surface area contributed by atoms with Gasteiger partial charge in [-0.3, -0.25) is 9.20 Å². The second-order valence-corrected chi connectivity index (χ2v) is 7.92. The summed E-state index contributed by atoms with van der Waals surface area (Å²) in [6.07, 6.45) is 8.97. The van der Waals surface area contributed by atoms with Crippen LogP contribution < -0.4 is 5.73 Å². The maximum absolute atomic E-state index is 12.4. The number of halogens is 1. The molecular weight excluding hydrogens is 358 g/mol. The fraction of sp³-hybridized carbons (Fsp3) is 0.562. The van der Waals surface area contributed by atoms with E-state index < -0.39 is 0 Å². The average Bonchev–Trinajstić information content (AvgIpc) is 3.15. The summed E-state index contributed by atoms with van der Waals surface area (Å²) in [4.78, 5) is 23.4. The molecule has 1 aliphatic carbocycles. The number of rotatable bonds is 1. The quantitative estimate of drug-likeness (QED) is 0.829. The first kappa shape index (κ1) is 13.8. The molecule has 4 heterocycles. The molecule has 1 amide bonds. The predicted octanol–water partition coefficient (Wildman–Crippen LogP) is 2.33.